The number of hydrogen-bond acceptors (Lipinski definition) is 3. The average molecular weight is 276 g/mol. The molecule has 0 radical (unpaired) electrons. The van der Waals surface area contributed by atoms with Crippen LogP contribution in [0.3, 0.4) is 0 Å². The minimum Gasteiger partial charge on any atom is -0.329 e. The number of aryl methyl sites for hydroxylation is 1. The molecule has 0 bridgehead atoms. The zero-order valence-electron chi connectivity index (χ0n) is 9.35. The van der Waals surface area contributed by atoms with E-state index in [1.807, 2.05) is 6.92 Å². The van der Waals surface area contributed by atoms with Crippen LogP contribution in [0.5, 0.6) is 0 Å². The van der Waals surface area contributed by atoms with Crippen LogP contribution >= 0.6 is 11.6 Å². The van der Waals surface area contributed by atoms with Crippen molar-refractivity contribution < 1.29 is 8.42 Å². The highest BCUT2D eigenvalue weighted by Crippen LogP contribution is 2.28. The lowest BCUT2D eigenvalue weighted by Crippen LogP contribution is -2.34. The molecule has 0 aliphatic carbocycles. The molecule has 0 aromatic heterocycles. The summed E-state index contributed by atoms with van der Waals surface area (Å²) in [6.07, 6.45) is 0. The van der Waals surface area contributed by atoms with Gasteiger partial charge in [-0.15, -0.1) is 0 Å². The highest BCUT2D eigenvalue weighted by atomic mass is 35.5. The van der Waals surface area contributed by atoms with Crippen LogP contribution in [0.25, 0.3) is 0 Å². The SMILES string of the molecule is Cc1ccc(Cl)cc1N1CC(CN)NS1(=O)=O. The van der Waals surface area contributed by atoms with E-state index in [4.69, 9.17) is 17.3 Å². The molecule has 2 rings (SSSR count). The lowest BCUT2D eigenvalue weighted by Gasteiger charge is -2.18. The smallest absolute Gasteiger partial charge is 0.301 e. The van der Waals surface area contributed by atoms with E-state index >= 15 is 0 Å². The van der Waals surface area contributed by atoms with Crippen LogP contribution in [0, 0.1) is 6.92 Å². The fraction of sp³-hybridized carbons (Fsp3) is 0.400. The van der Waals surface area contributed by atoms with Crippen molar-refractivity contribution >= 4 is 27.5 Å². The Morgan fingerprint density at radius 3 is 2.88 bits per heavy atom. The van der Waals surface area contributed by atoms with E-state index < -0.39 is 10.2 Å². The van der Waals surface area contributed by atoms with E-state index in [0.717, 1.165) is 5.56 Å². The molecule has 17 heavy (non-hydrogen) atoms. The summed E-state index contributed by atoms with van der Waals surface area (Å²) in [4.78, 5) is 0. The Hall–Kier alpha value is -0.820. The van der Waals surface area contributed by atoms with E-state index in [9.17, 15) is 8.42 Å². The van der Waals surface area contributed by atoms with E-state index in [2.05, 4.69) is 4.72 Å². The molecule has 0 spiro atoms. The second-order valence-electron chi connectivity index (χ2n) is 4.02. The summed E-state index contributed by atoms with van der Waals surface area (Å²) in [5.74, 6) is 0. The van der Waals surface area contributed by atoms with Gasteiger partial charge in [-0.3, -0.25) is 4.31 Å². The van der Waals surface area contributed by atoms with Crippen molar-refractivity contribution in [2.24, 2.45) is 5.73 Å². The van der Waals surface area contributed by atoms with E-state index in [-0.39, 0.29) is 12.6 Å². The van der Waals surface area contributed by atoms with E-state index in [1.165, 1.54) is 4.31 Å². The van der Waals surface area contributed by atoms with Crippen molar-refractivity contribution in [3.05, 3.63) is 28.8 Å². The van der Waals surface area contributed by atoms with Crippen LogP contribution in [0.2, 0.25) is 5.02 Å². The maximum Gasteiger partial charge on any atom is 0.301 e. The Morgan fingerprint density at radius 1 is 1.59 bits per heavy atom. The number of rotatable bonds is 2. The number of anilines is 1. The van der Waals surface area contributed by atoms with Gasteiger partial charge in [0.2, 0.25) is 0 Å². The maximum atomic E-state index is 11.9. The highest BCUT2D eigenvalue weighted by molar-refractivity contribution is 7.91. The summed E-state index contributed by atoms with van der Waals surface area (Å²) in [6.45, 7) is 2.45. The molecule has 1 atom stereocenters. The molecule has 1 fully saturated rings. The lowest BCUT2D eigenvalue weighted by atomic mass is 10.2. The Labute approximate surface area is 106 Å². The summed E-state index contributed by atoms with van der Waals surface area (Å²) >= 11 is 5.89. The molecule has 1 aromatic carbocycles. The molecule has 5 nitrogen and oxygen atoms in total. The molecule has 3 N–H and O–H groups in total. The predicted molar refractivity (Wildman–Crippen MR) is 68.4 cm³/mol. The second-order valence-corrected chi connectivity index (χ2v) is 6.08. The molecule has 1 heterocycles. The first kappa shape index (κ1) is 12.6. The standard InChI is InChI=1S/C10H14ClN3O2S/c1-7-2-3-8(11)4-10(7)14-6-9(5-12)13-17(14,15)16/h2-4,9,13H,5-6,12H2,1H3. The van der Waals surface area contributed by atoms with Gasteiger partial charge in [-0.05, 0) is 24.6 Å². The van der Waals surface area contributed by atoms with Gasteiger partial charge < -0.3 is 5.73 Å². The number of benzene rings is 1. The first-order valence-electron chi connectivity index (χ1n) is 5.20. The third-order valence-corrected chi connectivity index (χ3v) is 4.51. The maximum absolute atomic E-state index is 11.9. The molecular formula is C10H14ClN3O2S. The van der Waals surface area contributed by atoms with Gasteiger partial charge in [0, 0.05) is 11.6 Å². The molecule has 7 heteroatoms. The van der Waals surface area contributed by atoms with Gasteiger partial charge >= 0.3 is 10.2 Å². The quantitative estimate of drug-likeness (QED) is 0.831. The fourth-order valence-corrected chi connectivity index (χ4v) is 3.53. The summed E-state index contributed by atoms with van der Waals surface area (Å²) in [6, 6.07) is 4.92. The van der Waals surface area contributed by atoms with Crippen LogP contribution in [0.4, 0.5) is 5.69 Å². The van der Waals surface area contributed by atoms with Gasteiger partial charge in [-0.2, -0.15) is 13.1 Å². The van der Waals surface area contributed by atoms with Gasteiger partial charge in [0.15, 0.2) is 0 Å². The zero-order chi connectivity index (χ0) is 12.6. The van der Waals surface area contributed by atoms with Gasteiger partial charge in [-0.25, -0.2) is 0 Å². The Bertz CT molecular complexity index is 532. The molecule has 0 amide bonds. The predicted octanol–water partition coefficient (Wildman–Crippen LogP) is 0.630. The Kier molecular flexibility index (Phi) is 3.31. The van der Waals surface area contributed by atoms with Crippen molar-refractivity contribution in [3.63, 3.8) is 0 Å². The molecule has 0 saturated carbocycles. The van der Waals surface area contributed by atoms with Gasteiger partial charge in [0.25, 0.3) is 0 Å². The average Bonchev–Trinajstić information content (AvgIpc) is 2.57. The number of hydrogen-bond donors (Lipinski definition) is 2. The largest absolute Gasteiger partial charge is 0.329 e. The molecule has 1 aliphatic heterocycles. The van der Waals surface area contributed by atoms with Crippen LogP contribution < -0.4 is 14.8 Å². The normalized spacial score (nSPS) is 23.0. The zero-order valence-corrected chi connectivity index (χ0v) is 10.9. The van der Waals surface area contributed by atoms with Crippen LogP contribution in [0.15, 0.2) is 18.2 Å². The van der Waals surface area contributed by atoms with E-state index in [0.29, 0.717) is 17.3 Å². The molecular weight excluding hydrogens is 262 g/mol. The monoisotopic (exact) mass is 275 g/mol. The van der Waals surface area contributed by atoms with Crippen molar-refractivity contribution in [1.82, 2.24) is 4.72 Å². The van der Waals surface area contributed by atoms with Crippen molar-refractivity contribution in [2.75, 3.05) is 17.4 Å². The van der Waals surface area contributed by atoms with Gasteiger partial charge in [-0.1, -0.05) is 17.7 Å². The number of nitrogens with zero attached hydrogens (tertiary/aromatic N) is 1. The molecule has 94 valence electrons. The third kappa shape index (κ3) is 2.40. The van der Waals surface area contributed by atoms with E-state index in [1.54, 1.807) is 18.2 Å². The molecule has 1 aromatic rings. The molecule has 1 saturated heterocycles. The van der Waals surface area contributed by atoms with Gasteiger partial charge in [0.1, 0.15) is 0 Å². The summed E-state index contributed by atoms with van der Waals surface area (Å²) in [5, 5.41) is 0.511. The highest BCUT2D eigenvalue weighted by Gasteiger charge is 2.35. The van der Waals surface area contributed by atoms with Crippen molar-refractivity contribution in [3.8, 4) is 0 Å². The second kappa shape index (κ2) is 4.45. The summed E-state index contributed by atoms with van der Waals surface area (Å²) in [7, 11) is -3.50. The van der Waals surface area contributed by atoms with Crippen LogP contribution in [-0.2, 0) is 10.2 Å². The number of nitrogens with two attached hydrogens (primary N) is 1. The first-order valence-corrected chi connectivity index (χ1v) is 7.02. The third-order valence-electron chi connectivity index (χ3n) is 2.72. The summed E-state index contributed by atoms with van der Waals surface area (Å²) < 4.78 is 27.6. The Balaban J connectivity index is 2.43. The Morgan fingerprint density at radius 2 is 2.29 bits per heavy atom. The molecule has 1 aliphatic rings. The number of nitrogens with one attached hydrogen (secondary N) is 1. The topological polar surface area (TPSA) is 75.4 Å². The van der Waals surface area contributed by atoms with Crippen LogP contribution in [-0.4, -0.2) is 27.5 Å². The molecule has 1 unspecified atom stereocenters. The fourth-order valence-electron chi connectivity index (χ4n) is 1.81. The minimum atomic E-state index is -3.50. The summed E-state index contributed by atoms with van der Waals surface area (Å²) in [5.41, 5.74) is 6.94. The van der Waals surface area contributed by atoms with Crippen molar-refractivity contribution in [2.45, 2.75) is 13.0 Å². The van der Waals surface area contributed by atoms with Gasteiger partial charge in [0.05, 0.1) is 18.3 Å². The first-order chi connectivity index (χ1) is 7.94. The lowest BCUT2D eigenvalue weighted by molar-refractivity contribution is 0.583. The minimum absolute atomic E-state index is 0.251. The van der Waals surface area contributed by atoms with Crippen LogP contribution in [0.1, 0.15) is 5.56 Å². The van der Waals surface area contributed by atoms with Crippen molar-refractivity contribution in [1.29, 1.82) is 0 Å². The number of halogens is 1.